The molecule has 0 radical (unpaired) electrons. The van der Waals surface area contributed by atoms with Crippen LogP contribution in [0.5, 0.6) is 0 Å². The molecule has 2 aromatic heterocycles. The highest BCUT2D eigenvalue weighted by atomic mass is 32.1. The van der Waals surface area contributed by atoms with Crippen molar-refractivity contribution in [3.8, 4) is 0 Å². The average Bonchev–Trinajstić information content (AvgIpc) is 3.18. The lowest BCUT2D eigenvalue weighted by atomic mass is 10.1. The molecule has 0 saturated carbocycles. The minimum Gasteiger partial charge on any atom is -0.397 e. The number of carbonyl (C=O) groups is 2. The van der Waals surface area contributed by atoms with E-state index < -0.39 is 0 Å². The number of nitrogen functional groups attached to an aromatic ring is 1. The molecule has 0 spiro atoms. The van der Waals surface area contributed by atoms with E-state index in [0.29, 0.717) is 17.0 Å². The van der Waals surface area contributed by atoms with Crippen LogP contribution in [0.2, 0.25) is 0 Å². The van der Waals surface area contributed by atoms with Crippen molar-refractivity contribution in [3.63, 3.8) is 0 Å². The Bertz CT molecular complexity index is 799. The molecule has 24 heavy (non-hydrogen) atoms. The summed E-state index contributed by atoms with van der Waals surface area (Å²) in [5.41, 5.74) is 7.50. The Kier molecular flexibility index (Phi) is 4.45. The topological polar surface area (TPSA) is 79.5 Å². The third kappa shape index (κ3) is 2.73. The van der Waals surface area contributed by atoms with Gasteiger partial charge < -0.3 is 15.5 Å². The van der Waals surface area contributed by atoms with Gasteiger partial charge in [-0.25, -0.2) is 4.98 Å². The highest BCUT2D eigenvalue weighted by Crippen LogP contribution is 2.37. The van der Waals surface area contributed by atoms with Crippen molar-refractivity contribution in [2.24, 2.45) is 0 Å². The summed E-state index contributed by atoms with van der Waals surface area (Å²) in [5, 5.41) is 0.806. The largest absolute Gasteiger partial charge is 0.397 e. The number of amides is 2. The third-order valence-electron chi connectivity index (χ3n) is 4.43. The molecule has 128 valence electrons. The first-order chi connectivity index (χ1) is 11.4. The Balaban J connectivity index is 2.00. The Morgan fingerprint density at radius 2 is 2.17 bits per heavy atom. The Labute approximate surface area is 145 Å². The number of nitrogens with zero attached hydrogens (tertiary/aromatic N) is 3. The summed E-state index contributed by atoms with van der Waals surface area (Å²) < 4.78 is 0. The number of fused-ring (bicyclic) bond motifs is 1. The van der Waals surface area contributed by atoms with Gasteiger partial charge in [0.1, 0.15) is 9.71 Å². The zero-order chi connectivity index (χ0) is 17.4. The average molecular weight is 346 g/mol. The van der Waals surface area contributed by atoms with E-state index in [1.165, 1.54) is 16.2 Å². The second-order valence-electron chi connectivity index (χ2n) is 6.23. The first-order valence-electron chi connectivity index (χ1n) is 8.14. The van der Waals surface area contributed by atoms with Crippen molar-refractivity contribution in [1.82, 2.24) is 14.8 Å². The minimum absolute atomic E-state index is 0.0261. The quantitative estimate of drug-likeness (QED) is 0.926. The molecule has 2 aromatic rings. The van der Waals surface area contributed by atoms with Crippen molar-refractivity contribution >= 4 is 39.1 Å². The fourth-order valence-electron chi connectivity index (χ4n) is 3.13. The van der Waals surface area contributed by atoms with Crippen LogP contribution in [0, 0.1) is 0 Å². The summed E-state index contributed by atoms with van der Waals surface area (Å²) in [6.07, 6.45) is 2.42. The van der Waals surface area contributed by atoms with E-state index in [2.05, 4.69) is 0 Å². The number of pyridine rings is 1. The van der Waals surface area contributed by atoms with Gasteiger partial charge in [-0.05, 0) is 25.0 Å². The van der Waals surface area contributed by atoms with Crippen molar-refractivity contribution in [1.29, 1.82) is 0 Å². The number of hydrogen-bond acceptors (Lipinski definition) is 5. The van der Waals surface area contributed by atoms with Gasteiger partial charge >= 0.3 is 0 Å². The van der Waals surface area contributed by atoms with Gasteiger partial charge in [0.2, 0.25) is 5.91 Å². The molecule has 3 rings (SSSR count). The van der Waals surface area contributed by atoms with Crippen molar-refractivity contribution < 1.29 is 9.59 Å². The standard InChI is InChI=1S/C17H22N4O2S/c1-4-13(22)21-9-5-6-12(21)11-8-7-10-14(18)15(17(23)20(2)3)24-16(10)19-11/h7-8,12H,4-6,9,18H2,1-3H3. The van der Waals surface area contributed by atoms with Crippen LogP contribution in [0.4, 0.5) is 5.69 Å². The van der Waals surface area contributed by atoms with Crippen LogP contribution in [0.1, 0.15) is 47.6 Å². The highest BCUT2D eigenvalue weighted by molar-refractivity contribution is 7.21. The monoisotopic (exact) mass is 346 g/mol. The Morgan fingerprint density at radius 1 is 1.42 bits per heavy atom. The summed E-state index contributed by atoms with van der Waals surface area (Å²) in [6, 6.07) is 3.88. The van der Waals surface area contributed by atoms with Crippen LogP contribution in [-0.4, -0.2) is 47.2 Å². The minimum atomic E-state index is -0.110. The molecule has 0 aliphatic carbocycles. The molecule has 3 heterocycles. The molecule has 1 saturated heterocycles. The maximum atomic E-state index is 12.2. The molecule has 2 amide bonds. The number of likely N-dealkylation sites (tertiary alicyclic amines) is 1. The van der Waals surface area contributed by atoms with E-state index in [9.17, 15) is 9.59 Å². The molecular weight excluding hydrogens is 324 g/mol. The summed E-state index contributed by atoms with van der Waals surface area (Å²) in [5.74, 6) is 0.0502. The zero-order valence-corrected chi connectivity index (χ0v) is 15.0. The normalized spacial score (nSPS) is 17.5. The first kappa shape index (κ1) is 16.7. The van der Waals surface area contributed by atoms with Crippen molar-refractivity contribution in [3.05, 3.63) is 22.7 Å². The number of nitrogens with two attached hydrogens (primary N) is 1. The lowest BCUT2D eigenvalue weighted by molar-refractivity contribution is -0.131. The number of aromatic nitrogens is 1. The predicted molar refractivity (Wildman–Crippen MR) is 96.0 cm³/mol. The molecule has 0 aromatic carbocycles. The van der Waals surface area contributed by atoms with E-state index in [-0.39, 0.29) is 17.9 Å². The van der Waals surface area contributed by atoms with Gasteiger partial charge in [-0.1, -0.05) is 6.92 Å². The van der Waals surface area contributed by atoms with Crippen LogP contribution in [0.3, 0.4) is 0 Å². The van der Waals surface area contributed by atoms with Gasteiger partial charge in [0.15, 0.2) is 0 Å². The van der Waals surface area contributed by atoms with Crippen LogP contribution >= 0.6 is 11.3 Å². The third-order valence-corrected chi connectivity index (χ3v) is 5.54. The molecule has 6 nitrogen and oxygen atoms in total. The van der Waals surface area contributed by atoms with E-state index in [1.54, 1.807) is 14.1 Å². The molecule has 1 fully saturated rings. The van der Waals surface area contributed by atoms with Gasteiger partial charge in [-0.3, -0.25) is 9.59 Å². The first-order valence-corrected chi connectivity index (χ1v) is 8.95. The maximum absolute atomic E-state index is 12.2. The molecule has 2 N–H and O–H groups in total. The Hall–Kier alpha value is -2.15. The van der Waals surface area contributed by atoms with Crippen LogP contribution in [-0.2, 0) is 4.79 Å². The number of anilines is 1. The predicted octanol–water partition coefficient (Wildman–Crippen LogP) is 2.65. The van der Waals surface area contributed by atoms with Crippen LogP contribution in [0.15, 0.2) is 12.1 Å². The summed E-state index contributed by atoms with van der Waals surface area (Å²) in [7, 11) is 3.41. The van der Waals surface area contributed by atoms with Gasteiger partial charge in [0, 0.05) is 32.4 Å². The fourth-order valence-corrected chi connectivity index (χ4v) is 4.26. The van der Waals surface area contributed by atoms with Crippen LogP contribution < -0.4 is 5.73 Å². The van der Waals surface area contributed by atoms with Crippen molar-refractivity contribution in [2.45, 2.75) is 32.2 Å². The molecule has 1 aliphatic rings. The summed E-state index contributed by atoms with van der Waals surface area (Å²) in [6.45, 7) is 2.67. The second-order valence-corrected chi connectivity index (χ2v) is 7.23. The molecule has 7 heteroatoms. The number of rotatable bonds is 3. The zero-order valence-electron chi connectivity index (χ0n) is 14.2. The summed E-state index contributed by atoms with van der Waals surface area (Å²) >= 11 is 1.32. The van der Waals surface area contributed by atoms with Gasteiger partial charge in [-0.2, -0.15) is 0 Å². The van der Waals surface area contributed by atoms with Crippen molar-refractivity contribution in [2.75, 3.05) is 26.4 Å². The molecule has 1 atom stereocenters. The number of carbonyl (C=O) groups excluding carboxylic acids is 2. The van der Waals surface area contributed by atoms with E-state index in [1.807, 2.05) is 24.0 Å². The summed E-state index contributed by atoms with van der Waals surface area (Å²) in [4.78, 5) is 33.8. The molecule has 1 unspecified atom stereocenters. The number of hydrogen-bond donors (Lipinski definition) is 1. The molecule has 0 bridgehead atoms. The second kappa shape index (κ2) is 6.39. The SMILES string of the molecule is CCC(=O)N1CCCC1c1ccc2c(N)c(C(=O)N(C)C)sc2n1. The molecular formula is C17H22N4O2S. The number of thiophene rings is 1. The van der Waals surface area contributed by atoms with Gasteiger partial charge in [-0.15, -0.1) is 11.3 Å². The molecule has 1 aliphatic heterocycles. The van der Waals surface area contributed by atoms with E-state index in [0.717, 1.165) is 35.3 Å². The fraction of sp³-hybridized carbons (Fsp3) is 0.471. The van der Waals surface area contributed by atoms with Gasteiger partial charge in [0.25, 0.3) is 5.91 Å². The lowest BCUT2D eigenvalue weighted by Crippen LogP contribution is -2.30. The maximum Gasteiger partial charge on any atom is 0.265 e. The van der Waals surface area contributed by atoms with E-state index in [4.69, 9.17) is 10.7 Å². The highest BCUT2D eigenvalue weighted by Gasteiger charge is 2.30. The Morgan fingerprint density at radius 3 is 2.83 bits per heavy atom. The van der Waals surface area contributed by atoms with E-state index >= 15 is 0 Å². The smallest absolute Gasteiger partial charge is 0.265 e. The van der Waals surface area contributed by atoms with Gasteiger partial charge in [0.05, 0.1) is 17.4 Å². The lowest BCUT2D eigenvalue weighted by Gasteiger charge is -2.23. The van der Waals surface area contributed by atoms with Crippen LogP contribution in [0.25, 0.3) is 10.2 Å².